The van der Waals surface area contributed by atoms with Gasteiger partial charge in [0.2, 0.25) is 0 Å². The minimum Gasteiger partial charge on any atom is -0.377 e. The lowest BCUT2D eigenvalue weighted by molar-refractivity contribution is -0.189. The Morgan fingerprint density at radius 2 is 1.53 bits per heavy atom. The van der Waals surface area contributed by atoms with Crippen molar-refractivity contribution < 1.29 is 4.74 Å². The van der Waals surface area contributed by atoms with Crippen molar-refractivity contribution in [2.75, 3.05) is 7.11 Å². The first-order valence-electron chi connectivity index (χ1n) is 7.89. The number of benzene rings is 1. The van der Waals surface area contributed by atoms with Crippen molar-refractivity contribution in [3.05, 3.63) is 35.9 Å². The average molecular weight is 256 g/mol. The maximum Gasteiger partial charge on any atom is 0.0775 e. The van der Waals surface area contributed by atoms with Crippen LogP contribution in [0.2, 0.25) is 0 Å². The molecule has 0 radical (unpaired) electrons. The molecule has 0 heterocycles. The molecule has 4 bridgehead atoms. The molecule has 0 aliphatic heterocycles. The van der Waals surface area contributed by atoms with Crippen LogP contribution in [0.1, 0.15) is 37.7 Å². The third kappa shape index (κ3) is 1.78. The number of rotatable bonds is 3. The van der Waals surface area contributed by atoms with Crippen molar-refractivity contribution in [3.8, 4) is 0 Å². The minimum atomic E-state index is 0.148. The van der Waals surface area contributed by atoms with Gasteiger partial charge >= 0.3 is 0 Å². The summed E-state index contributed by atoms with van der Waals surface area (Å²) in [5.74, 6) is 3.66. The van der Waals surface area contributed by atoms with Crippen molar-refractivity contribution in [1.82, 2.24) is 0 Å². The van der Waals surface area contributed by atoms with E-state index >= 15 is 0 Å². The molecule has 0 saturated heterocycles. The molecule has 4 fully saturated rings. The van der Waals surface area contributed by atoms with E-state index in [0.29, 0.717) is 0 Å². The summed E-state index contributed by atoms with van der Waals surface area (Å²) in [4.78, 5) is 0. The summed E-state index contributed by atoms with van der Waals surface area (Å²) in [7, 11) is 1.96. The molecule has 1 aromatic carbocycles. The molecule has 4 aliphatic rings. The third-order valence-corrected chi connectivity index (χ3v) is 6.22. The fourth-order valence-corrected chi connectivity index (χ4v) is 5.59. The zero-order chi connectivity index (χ0) is 12.9. The second-order valence-electron chi connectivity index (χ2n) is 7.13. The maximum absolute atomic E-state index is 6.22. The highest BCUT2D eigenvalue weighted by Gasteiger charge is 2.57. The van der Waals surface area contributed by atoms with E-state index < -0.39 is 0 Å². The van der Waals surface area contributed by atoms with Gasteiger partial charge in [0, 0.05) is 13.5 Å². The third-order valence-electron chi connectivity index (χ3n) is 6.22. The van der Waals surface area contributed by atoms with E-state index in [4.69, 9.17) is 4.74 Å². The summed E-state index contributed by atoms with van der Waals surface area (Å²) in [6, 6.07) is 11.0. The van der Waals surface area contributed by atoms with Crippen LogP contribution in [0.15, 0.2) is 30.3 Å². The zero-order valence-electron chi connectivity index (χ0n) is 11.8. The lowest BCUT2D eigenvalue weighted by Crippen LogP contribution is -2.59. The second kappa shape index (κ2) is 4.34. The van der Waals surface area contributed by atoms with Crippen LogP contribution in [-0.2, 0) is 11.2 Å². The summed E-state index contributed by atoms with van der Waals surface area (Å²) in [5.41, 5.74) is 1.60. The molecule has 1 aromatic rings. The van der Waals surface area contributed by atoms with E-state index in [0.717, 1.165) is 30.1 Å². The maximum atomic E-state index is 6.22. The van der Waals surface area contributed by atoms with Gasteiger partial charge in [-0.25, -0.2) is 0 Å². The van der Waals surface area contributed by atoms with Crippen LogP contribution in [0.4, 0.5) is 0 Å². The van der Waals surface area contributed by atoms with E-state index in [1.807, 2.05) is 7.11 Å². The smallest absolute Gasteiger partial charge is 0.0775 e. The van der Waals surface area contributed by atoms with E-state index in [-0.39, 0.29) is 5.60 Å². The molecule has 0 aromatic heterocycles. The summed E-state index contributed by atoms with van der Waals surface area (Å²) in [6.07, 6.45) is 8.33. The zero-order valence-corrected chi connectivity index (χ0v) is 11.8. The van der Waals surface area contributed by atoms with Crippen LogP contribution < -0.4 is 0 Å². The van der Waals surface area contributed by atoms with Crippen molar-refractivity contribution >= 4 is 0 Å². The predicted molar refractivity (Wildman–Crippen MR) is 76.9 cm³/mol. The normalized spacial score (nSPS) is 43.6. The van der Waals surface area contributed by atoms with Gasteiger partial charge in [-0.3, -0.25) is 0 Å². The quantitative estimate of drug-likeness (QED) is 0.792. The Morgan fingerprint density at radius 3 is 2.05 bits per heavy atom. The Labute approximate surface area is 116 Å². The van der Waals surface area contributed by atoms with Gasteiger partial charge in [0.05, 0.1) is 5.60 Å². The van der Waals surface area contributed by atoms with Gasteiger partial charge in [-0.05, 0) is 61.3 Å². The van der Waals surface area contributed by atoms with E-state index in [9.17, 15) is 0 Å². The summed E-state index contributed by atoms with van der Waals surface area (Å²) in [5, 5.41) is 0. The molecule has 0 N–H and O–H groups in total. The fraction of sp³-hybridized carbons (Fsp3) is 0.667. The minimum absolute atomic E-state index is 0.148. The topological polar surface area (TPSA) is 9.23 Å². The van der Waals surface area contributed by atoms with Crippen molar-refractivity contribution in [3.63, 3.8) is 0 Å². The number of hydrogen-bond acceptors (Lipinski definition) is 1. The lowest BCUT2D eigenvalue weighted by atomic mass is 9.49. The van der Waals surface area contributed by atoms with E-state index in [1.165, 1.54) is 37.7 Å². The first kappa shape index (κ1) is 12.0. The molecule has 19 heavy (non-hydrogen) atoms. The van der Waals surface area contributed by atoms with Gasteiger partial charge in [0.1, 0.15) is 0 Å². The van der Waals surface area contributed by atoms with Crippen LogP contribution in [0.3, 0.4) is 0 Å². The van der Waals surface area contributed by atoms with Crippen LogP contribution in [-0.4, -0.2) is 12.7 Å². The molecule has 0 spiro atoms. The highest BCUT2D eigenvalue weighted by molar-refractivity contribution is 5.20. The Bertz CT molecular complexity index is 422. The summed E-state index contributed by atoms with van der Waals surface area (Å²) in [6.45, 7) is 0. The van der Waals surface area contributed by atoms with Gasteiger partial charge in [0.25, 0.3) is 0 Å². The van der Waals surface area contributed by atoms with Gasteiger partial charge in [-0.15, -0.1) is 0 Å². The van der Waals surface area contributed by atoms with Crippen molar-refractivity contribution in [1.29, 1.82) is 0 Å². The van der Waals surface area contributed by atoms with Gasteiger partial charge in [-0.1, -0.05) is 30.3 Å². The highest BCUT2D eigenvalue weighted by Crippen LogP contribution is 2.60. The number of ether oxygens (including phenoxy) is 1. The Morgan fingerprint density at radius 1 is 0.947 bits per heavy atom. The largest absolute Gasteiger partial charge is 0.377 e. The molecule has 0 unspecified atom stereocenters. The molecule has 4 saturated carbocycles. The molecule has 0 amide bonds. The van der Waals surface area contributed by atoms with Crippen LogP contribution in [0.25, 0.3) is 0 Å². The molecular formula is C18H24O. The average Bonchev–Trinajstić information content (AvgIpc) is 2.43. The van der Waals surface area contributed by atoms with E-state index in [1.54, 1.807) is 0 Å². The highest BCUT2D eigenvalue weighted by atomic mass is 16.5. The molecule has 4 aliphatic carbocycles. The Kier molecular flexibility index (Phi) is 2.73. The van der Waals surface area contributed by atoms with Crippen LogP contribution in [0.5, 0.6) is 0 Å². The molecule has 1 nitrogen and oxygen atoms in total. The molecule has 102 valence electrons. The second-order valence-corrected chi connectivity index (χ2v) is 7.13. The molecule has 1 heteroatoms. The van der Waals surface area contributed by atoms with Gasteiger partial charge in [0.15, 0.2) is 0 Å². The summed E-state index contributed by atoms with van der Waals surface area (Å²) < 4.78 is 6.22. The van der Waals surface area contributed by atoms with Crippen LogP contribution in [0, 0.1) is 23.7 Å². The van der Waals surface area contributed by atoms with Gasteiger partial charge < -0.3 is 4.74 Å². The first-order valence-corrected chi connectivity index (χ1v) is 7.89. The Hall–Kier alpha value is -0.820. The monoisotopic (exact) mass is 256 g/mol. The molecular weight excluding hydrogens is 232 g/mol. The van der Waals surface area contributed by atoms with Crippen LogP contribution >= 0.6 is 0 Å². The fourth-order valence-electron chi connectivity index (χ4n) is 5.59. The van der Waals surface area contributed by atoms with Gasteiger partial charge in [-0.2, -0.15) is 0 Å². The number of hydrogen-bond donors (Lipinski definition) is 0. The van der Waals surface area contributed by atoms with E-state index in [2.05, 4.69) is 30.3 Å². The lowest BCUT2D eigenvalue weighted by Gasteiger charge is -2.60. The molecule has 5 rings (SSSR count). The summed E-state index contributed by atoms with van der Waals surface area (Å²) >= 11 is 0. The first-order chi connectivity index (χ1) is 9.30. The van der Waals surface area contributed by atoms with Crippen molar-refractivity contribution in [2.45, 2.75) is 44.1 Å². The SMILES string of the molecule is COC1(Cc2ccccc2)C2CC3CC(C2)CC1C3. The Balaban J connectivity index is 1.66. The number of methoxy groups -OCH3 is 1. The standard InChI is InChI=1S/C18H24O/c1-19-18(12-13-5-3-2-4-6-13)16-8-14-7-15(10-16)11-17(18)9-14/h2-6,14-17H,7-12H2,1H3. The predicted octanol–water partition coefficient (Wildman–Crippen LogP) is 4.07. The van der Waals surface area contributed by atoms with Crippen molar-refractivity contribution in [2.24, 2.45) is 23.7 Å². The molecule has 0 atom stereocenters.